The van der Waals surface area contributed by atoms with Crippen molar-refractivity contribution in [1.82, 2.24) is 35.1 Å². The Bertz CT molecular complexity index is 950. The molecular formula is C19H23N7O2. The third-order valence-electron chi connectivity index (χ3n) is 4.96. The number of piperidine rings is 1. The summed E-state index contributed by atoms with van der Waals surface area (Å²) >= 11 is 0. The van der Waals surface area contributed by atoms with Crippen molar-refractivity contribution >= 4 is 6.03 Å². The number of urea groups is 1. The van der Waals surface area contributed by atoms with E-state index in [1.165, 1.54) is 0 Å². The van der Waals surface area contributed by atoms with Gasteiger partial charge in [-0.1, -0.05) is 5.16 Å². The van der Waals surface area contributed by atoms with Gasteiger partial charge in [-0.25, -0.2) is 4.79 Å². The number of nitrogens with one attached hydrogen (secondary N) is 1. The minimum Gasteiger partial charge on any atom is -0.339 e. The van der Waals surface area contributed by atoms with E-state index < -0.39 is 0 Å². The molecule has 28 heavy (non-hydrogen) atoms. The molecule has 3 aromatic rings. The fourth-order valence-corrected chi connectivity index (χ4v) is 3.48. The molecule has 9 heteroatoms. The van der Waals surface area contributed by atoms with Gasteiger partial charge in [0.25, 0.3) is 0 Å². The van der Waals surface area contributed by atoms with Crippen molar-refractivity contribution in [1.29, 1.82) is 0 Å². The molecule has 0 radical (unpaired) electrons. The van der Waals surface area contributed by atoms with Gasteiger partial charge in [0.2, 0.25) is 11.7 Å². The Morgan fingerprint density at radius 2 is 2.32 bits per heavy atom. The zero-order valence-electron chi connectivity index (χ0n) is 16.0. The van der Waals surface area contributed by atoms with Crippen LogP contribution in [0.4, 0.5) is 4.79 Å². The van der Waals surface area contributed by atoms with Gasteiger partial charge >= 0.3 is 6.03 Å². The number of hydrogen-bond acceptors (Lipinski definition) is 6. The predicted molar refractivity (Wildman–Crippen MR) is 101 cm³/mol. The van der Waals surface area contributed by atoms with Crippen molar-refractivity contribution in [3.63, 3.8) is 0 Å². The fourth-order valence-electron chi connectivity index (χ4n) is 3.48. The van der Waals surface area contributed by atoms with E-state index in [0.717, 1.165) is 36.2 Å². The third kappa shape index (κ3) is 3.88. The summed E-state index contributed by atoms with van der Waals surface area (Å²) in [7, 11) is 1.87. The van der Waals surface area contributed by atoms with E-state index >= 15 is 0 Å². The highest BCUT2D eigenvalue weighted by Crippen LogP contribution is 2.27. The number of likely N-dealkylation sites (tertiary alicyclic amines) is 1. The van der Waals surface area contributed by atoms with Crippen LogP contribution in [0.25, 0.3) is 11.4 Å². The van der Waals surface area contributed by atoms with Gasteiger partial charge in [0.1, 0.15) is 0 Å². The summed E-state index contributed by atoms with van der Waals surface area (Å²) in [6.45, 7) is 3.68. The molecule has 0 spiro atoms. The summed E-state index contributed by atoms with van der Waals surface area (Å²) in [4.78, 5) is 23.0. The largest absolute Gasteiger partial charge is 0.339 e. The lowest BCUT2D eigenvalue weighted by Gasteiger charge is -2.31. The van der Waals surface area contributed by atoms with Gasteiger partial charge in [0.15, 0.2) is 0 Å². The molecule has 1 aliphatic rings. The van der Waals surface area contributed by atoms with Crippen LogP contribution < -0.4 is 5.32 Å². The number of pyridine rings is 1. The van der Waals surface area contributed by atoms with Gasteiger partial charge in [0, 0.05) is 56.4 Å². The number of carbonyl (C=O) groups excluding carboxylic acids is 1. The maximum atomic E-state index is 12.6. The lowest BCUT2D eigenvalue weighted by molar-refractivity contribution is 0.171. The zero-order chi connectivity index (χ0) is 19.5. The molecule has 0 aromatic carbocycles. The van der Waals surface area contributed by atoms with Gasteiger partial charge in [-0.05, 0) is 31.9 Å². The molecule has 9 nitrogen and oxygen atoms in total. The lowest BCUT2D eigenvalue weighted by Crippen LogP contribution is -2.44. The first-order valence-corrected chi connectivity index (χ1v) is 9.36. The van der Waals surface area contributed by atoms with Crippen LogP contribution in [0.15, 0.2) is 35.2 Å². The maximum absolute atomic E-state index is 12.6. The molecule has 0 unspecified atom stereocenters. The number of carbonyl (C=O) groups is 1. The normalized spacial score (nSPS) is 16.9. The molecule has 1 saturated heterocycles. The van der Waals surface area contributed by atoms with Crippen molar-refractivity contribution in [2.24, 2.45) is 7.05 Å². The van der Waals surface area contributed by atoms with E-state index in [0.29, 0.717) is 24.8 Å². The SMILES string of the molecule is Cc1nn(C)cc1CNC(=O)N1CCC[C@@H](c2nc(-c3cccnc3)no2)C1. The Kier molecular flexibility index (Phi) is 5.05. The number of hydrogen-bond donors (Lipinski definition) is 1. The number of aromatic nitrogens is 5. The van der Waals surface area contributed by atoms with Crippen LogP contribution in [0.1, 0.15) is 35.9 Å². The average molecular weight is 381 g/mol. The van der Waals surface area contributed by atoms with Crippen LogP contribution in [-0.2, 0) is 13.6 Å². The second kappa shape index (κ2) is 7.79. The van der Waals surface area contributed by atoms with Crippen LogP contribution in [0.3, 0.4) is 0 Å². The predicted octanol–water partition coefficient (Wildman–Crippen LogP) is 2.26. The fraction of sp³-hybridized carbons (Fsp3) is 0.421. The van der Waals surface area contributed by atoms with Crippen molar-refractivity contribution < 1.29 is 9.32 Å². The standard InChI is InChI=1S/C19H23N7O2/c1-13-16(11-25(2)23-13)10-21-19(27)26-8-4-6-15(12-26)18-22-17(24-28-18)14-5-3-7-20-9-14/h3,5,7,9,11,15H,4,6,8,10,12H2,1-2H3,(H,21,27)/t15-/m1/s1. The van der Waals surface area contributed by atoms with Crippen molar-refractivity contribution in [2.75, 3.05) is 13.1 Å². The molecule has 0 saturated carbocycles. The summed E-state index contributed by atoms with van der Waals surface area (Å²) in [6.07, 6.45) is 7.15. The second-order valence-electron chi connectivity index (χ2n) is 7.06. The molecule has 4 rings (SSSR count). The number of rotatable bonds is 4. The first-order valence-electron chi connectivity index (χ1n) is 9.36. The Balaban J connectivity index is 1.38. The molecule has 2 amide bonds. The van der Waals surface area contributed by atoms with E-state index in [4.69, 9.17) is 4.52 Å². The zero-order valence-corrected chi connectivity index (χ0v) is 16.0. The van der Waals surface area contributed by atoms with Crippen LogP contribution in [0.5, 0.6) is 0 Å². The van der Waals surface area contributed by atoms with Crippen LogP contribution >= 0.6 is 0 Å². The molecule has 0 bridgehead atoms. The molecule has 1 aliphatic heterocycles. The minimum absolute atomic E-state index is 0.0394. The Morgan fingerprint density at radius 3 is 3.07 bits per heavy atom. The number of aryl methyl sites for hydroxylation is 2. The number of nitrogens with zero attached hydrogens (tertiary/aromatic N) is 6. The second-order valence-corrected chi connectivity index (χ2v) is 7.06. The van der Waals surface area contributed by atoms with Crippen LogP contribution in [-0.4, -0.2) is 48.9 Å². The summed E-state index contributed by atoms with van der Waals surface area (Å²) in [5.41, 5.74) is 2.75. The maximum Gasteiger partial charge on any atom is 0.317 e. The van der Waals surface area contributed by atoms with E-state index in [1.54, 1.807) is 17.1 Å². The van der Waals surface area contributed by atoms with Gasteiger partial charge in [0.05, 0.1) is 11.6 Å². The van der Waals surface area contributed by atoms with E-state index in [1.807, 2.05) is 37.2 Å². The molecular weight excluding hydrogens is 358 g/mol. The van der Waals surface area contributed by atoms with E-state index in [-0.39, 0.29) is 11.9 Å². The van der Waals surface area contributed by atoms with E-state index in [9.17, 15) is 4.79 Å². The molecule has 3 aromatic heterocycles. The summed E-state index contributed by atoms with van der Waals surface area (Å²) < 4.78 is 7.23. The quantitative estimate of drug-likeness (QED) is 0.744. The van der Waals surface area contributed by atoms with Gasteiger partial charge in [-0.2, -0.15) is 10.1 Å². The highest BCUT2D eigenvalue weighted by atomic mass is 16.5. The summed E-state index contributed by atoms with van der Waals surface area (Å²) in [6, 6.07) is 3.64. The number of amides is 2. The summed E-state index contributed by atoms with van der Waals surface area (Å²) in [5, 5.41) is 11.4. The molecule has 1 atom stereocenters. The van der Waals surface area contributed by atoms with Crippen molar-refractivity contribution in [3.05, 3.63) is 47.9 Å². The highest BCUT2D eigenvalue weighted by Gasteiger charge is 2.28. The van der Waals surface area contributed by atoms with E-state index in [2.05, 4.69) is 25.5 Å². The minimum atomic E-state index is -0.0834. The lowest BCUT2D eigenvalue weighted by atomic mass is 9.98. The average Bonchev–Trinajstić information content (AvgIpc) is 3.33. The van der Waals surface area contributed by atoms with Gasteiger partial charge < -0.3 is 14.7 Å². The van der Waals surface area contributed by atoms with Crippen molar-refractivity contribution in [2.45, 2.75) is 32.2 Å². The molecule has 1 N–H and O–H groups in total. The molecule has 4 heterocycles. The molecule has 1 fully saturated rings. The first kappa shape index (κ1) is 18.1. The third-order valence-corrected chi connectivity index (χ3v) is 4.96. The molecule has 146 valence electrons. The highest BCUT2D eigenvalue weighted by molar-refractivity contribution is 5.74. The van der Waals surface area contributed by atoms with Crippen LogP contribution in [0.2, 0.25) is 0 Å². The monoisotopic (exact) mass is 381 g/mol. The van der Waals surface area contributed by atoms with Gasteiger partial charge in [-0.15, -0.1) is 0 Å². The first-order chi connectivity index (χ1) is 13.6. The summed E-state index contributed by atoms with van der Waals surface area (Å²) in [5.74, 6) is 1.13. The van der Waals surface area contributed by atoms with Crippen LogP contribution in [0, 0.1) is 6.92 Å². The topological polar surface area (TPSA) is 102 Å². The van der Waals surface area contributed by atoms with Crippen molar-refractivity contribution in [3.8, 4) is 11.4 Å². The Hall–Kier alpha value is -3.23. The smallest absolute Gasteiger partial charge is 0.317 e. The molecule has 0 aliphatic carbocycles. The van der Waals surface area contributed by atoms with Gasteiger partial charge in [-0.3, -0.25) is 9.67 Å². The Labute approximate surface area is 162 Å². The Morgan fingerprint density at radius 1 is 1.43 bits per heavy atom.